The van der Waals surface area contributed by atoms with E-state index in [0.29, 0.717) is 6.54 Å². The van der Waals surface area contributed by atoms with Gasteiger partial charge in [-0.15, -0.1) is 0 Å². The summed E-state index contributed by atoms with van der Waals surface area (Å²) in [5.41, 5.74) is 0. The van der Waals surface area contributed by atoms with Crippen LogP contribution in [-0.2, 0) is 0 Å². The van der Waals surface area contributed by atoms with Crippen LogP contribution in [0.4, 0.5) is 0 Å². The minimum Gasteiger partial charge on any atom is -0.394 e. The van der Waals surface area contributed by atoms with Crippen molar-refractivity contribution in [1.82, 2.24) is 5.01 Å². The zero-order chi connectivity index (χ0) is 7.82. The Kier molecular flexibility index (Phi) is 6.18. The Labute approximate surface area is 62.3 Å². The molecule has 0 aromatic heterocycles. The molecule has 0 saturated heterocycles. The Balaban J connectivity index is 3.50. The van der Waals surface area contributed by atoms with Crippen LogP contribution in [0.2, 0.25) is 0 Å². The summed E-state index contributed by atoms with van der Waals surface area (Å²) < 4.78 is 0. The summed E-state index contributed by atoms with van der Waals surface area (Å²) >= 11 is 0. The third-order valence-electron chi connectivity index (χ3n) is 1.12. The topological polar surface area (TPSA) is 35.8 Å². The maximum atomic E-state index is 8.57. The summed E-state index contributed by atoms with van der Waals surface area (Å²) in [5.74, 6) is 0. The van der Waals surface area contributed by atoms with E-state index >= 15 is 0 Å². The molecular formula is C7H16N2O. The molecule has 0 atom stereocenters. The minimum atomic E-state index is 0.178. The molecule has 0 unspecified atom stereocenters. The van der Waals surface area contributed by atoms with Gasteiger partial charge in [-0.3, -0.25) is 5.01 Å². The van der Waals surface area contributed by atoms with E-state index in [1.54, 1.807) is 6.21 Å². The lowest BCUT2D eigenvalue weighted by Crippen LogP contribution is -2.21. The Hall–Kier alpha value is -0.570. The lowest BCUT2D eigenvalue weighted by atomic mass is 10.4. The molecule has 1 N–H and O–H groups in total. The van der Waals surface area contributed by atoms with Crippen molar-refractivity contribution in [3.63, 3.8) is 0 Å². The number of aliphatic hydroxyl groups excluding tert-OH is 1. The predicted molar refractivity (Wildman–Crippen MR) is 43.1 cm³/mol. The van der Waals surface area contributed by atoms with Gasteiger partial charge in [-0.2, -0.15) is 5.10 Å². The van der Waals surface area contributed by atoms with Crippen LogP contribution in [0, 0.1) is 0 Å². The Bertz CT molecular complexity index is 87.6. The number of hydrogen-bond donors (Lipinski definition) is 1. The molecule has 60 valence electrons. The molecule has 0 amide bonds. The van der Waals surface area contributed by atoms with Crippen LogP contribution in [0.15, 0.2) is 5.10 Å². The van der Waals surface area contributed by atoms with Gasteiger partial charge in [-0.25, -0.2) is 0 Å². The molecule has 0 radical (unpaired) electrons. The monoisotopic (exact) mass is 144 g/mol. The van der Waals surface area contributed by atoms with Gasteiger partial charge >= 0.3 is 0 Å². The second-order valence-corrected chi connectivity index (χ2v) is 2.05. The smallest absolute Gasteiger partial charge is 0.0623 e. The van der Waals surface area contributed by atoms with Crippen molar-refractivity contribution < 1.29 is 5.11 Å². The highest BCUT2D eigenvalue weighted by Crippen LogP contribution is 1.89. The zero-order valence-electron chi connectivity index (χ0n) is 6.75. The van der Waals surface area contributed by atoms with Gasteiger partial charge in [0.1, 0.15) is 0 Å². The fraction of sp³-hybridized carbons (Fsp3) is 0.857. The van der Waals surface area contributed by atoms with Crippen LogP contribution in [0.25, 0.3) is 0 Å². The van der Waals surface area contributed by atoms with Gasteiger partial charge in [0, 0.05) is 12.8 Å². The van der Waals surface area contributed by atoms with Crippen LogP contribution in [0.1, 0.15) is 20.3 Å². The summed E-state index contributed by atoms with van der Waals surface area (Å²) in [5, 5.41) is 14.5. The molecule has 0 saturated carbocycles. The molecule has 0 fully saturated rings. The molecule has 0 heterocycles. The first-order chi connectivity index (χ1) is 4.85. The van der Waals surface area contributed by atoms with Crippen LogP contribution in [0.3, 0.4) is 0 Å². The molecular weight excluding hydrogens is 128 g/mol. The van der Waals surface area contributed by atoms with Crippen molar-refractivity contribution in [1.29, 1.82) is 0 Å². The number of hydrazone groups is 1. The number of nitrogens with zero attached hydrogens (tertiary/aromatic N) is 2. The Morgan fingerprint density at radius 2 is 2.20 bits per heavy atom. The first-order valence-electron chi connectivity index (χ1n) is 3.69. The van der Waals surface area contributed by atoms with Gasteiger partial charge in [0.05, 0.1) is 13.2 Å². The summed E-state index contributed by atoms with van der Waals surface area (Å²) in [7, 11) is 0. The molecule has 0 aromatic carbocycles. The predicted octanol–water partition coefficient (Wildman–Crippen LogP) is 0.696. The second-order valence-electron chi connectivity index (χ2n) is 2.05. The summed E-state index contributed by atoms with van der Waals surface area (Å²) in [6.07, 6.45) is 2.81. The molecule has 10 heavy (non-hydrogen) atoms. The Morgan fingerprint density at radius 1 is 1.50 bits per heavy atom. The standard InChI is InChI=1S/C7H16N2O/c1-3-5-9(6-7-10)8-4-2/h4,10H,3,5-7H2,1-2H3/b8-4+. The van der Waals surface area contributed by atoms with Crippen molar-refractivity contribution in [2.75, 3.05) is 19.7 Å². The maximum absolute atomic E-state index is 8.57. The van der Waals surface area contributed by atoms with E-state index in [9.17, 15) is 0 Å². The van der Waals surface area contributed by atoms with Gasteiger partial charge in [0.15, 0.2) is 0 Å². The van der Waals surface area contributed by atoms with E-state index in [0.717, 1.165) is 13.0 Å². The normalized spacial score (nSPS) is 10.7. The van der Waals surface area contributed by atoms with Gasteiger partial charge in [-0.05, 0) is 13.3 Å². The molecule has 0 aromatic rings. The molecule has 0 bridgehead atoms. The van der Waals surface area contributed by atoms with Crippen LogP contribution >= 0.6 is 0 Å². The van der Waals surface area contributed by atoms with Crippen molar-refractivity contribution in [2.45, 2.75) is 20.3 Å². The maximum Gasteiger partial charge on any atom is 0.0623 e. The van der Waals surface area contributed by atoms with Crippen molar-refractivity contribution in [3.05, 3.63) is 0 Å². The average Bonchev–Trinajstić information content (AvgIpc) is 1.90. The lowest BCUT2D eigenvalue weighted by molar-refractivity contribution is 0.202. The van der Waals surface area contributed by atoms with Gasteiger partial charge in [-0.1, -0.05) is 6.92 Å². The molecule has 3 nitrogen and oxygen atoms in total. The minimum absolute atomic E-state index is 0.178. The van der Waals surface area contributed by atoms with Crippen molar-refractivity contribution in [2.24, 2.45) is 5.10 Å². The first-order valence-corrected chi connectivity index (χ1v) is 3.69. The molecule has 0 spiro atoms. The molecule has 3 heteroatoms. The van der Waals surface area contributed by atoms with Crippen LogP contribution in [0.5, 0.6) is 0 Å². The van der Waals surface area contributed by atoms with Gasteiger partial charge in [0.2, 0.25) is 0 Å². The highest BCUT2D eigenvalue weighted by molar-refractivity contribution is 5.52. The molecule has 0 aliphatic carbocycles. The van der Waals surface area contributed by atoms with E-state index in [1.165, 1.54) is 0 Å². The van der Waals surface area contributed by atoms with E-state index in [1.807, 2.05) is 11.9 Å². The summed E-state index contributed by atoms with van der Waals surface area (Å²) in [6, 6.07) is 0. The van der Waals surface area contributed by atoms with Gasteiger partial charge in [0.25, 0.3) is 0 Å². The van der Waals surface area contributed by atoms with E-state index in [2.05, 4.69) is 12.0 Å². The summed E-state index contributed by atoms with van der Waals surface area (Å²) in [6.45, 7) is 5.70. The lowest BCUT2D eigenvalue weighted by Gasteiger charge is -2.15. The number of hydrogen-bond acceptors (Lipinski definition) is 3. The van der Waals surface area contributed by atoms with E-state index in [-0.39, 0.29) is 6.61 Å². The zero-order valence-corrected chi connectivity index (χ0v) is 6.75. The second kappa shape index (κ2) is 6.55. The average molecular weight is 144 g/mol. The van der Waals surface area contributed by atoms with E-state index < -0.39 is 0 Å². The number of rotatable bonds is 5. The number of aliphatic hydroxyl groups is 1. The fourth-order valence-corrected chi connectivity index (χ4v) is 0.764. The molecule has 0 aliphatic rings. The third kappa shape index (κ3) is 4.32. The van der Waals surface area contributed by atoms with Crippen molar-refractivity contribution in [3.8, 4) is 0 Å². The van der Waals surface area contributed by atoms with Crippen LogP contribution < -0.4 is 0 Å². The molecule has 0 aliphatic heterocycles. The SMILES string of the molecule is C/C=N/N(CCC)CCO. The van der Waals surface area contributed by atoms with E-state index in [4.69, 9.17) is 5.11 Å². The molecule has 0 rings (SSSR count). The fourth-order valence-electron chi connectivity index (χ4n) is 0.764. The van der Waals surface area contributed by atoms with Crippen LogP contribution in [-0.4, -0.2) is 36.0 Å². The third-order valence-corrected chi connectivity index (χ3v) is 1.12. The summed E-state index contributed by atoms with van der Waals surface area (Å²) in [4.78, 5) is 0. The Morgan fingerprint density at radius 3 is 2.60 bits per heavy atom. The largest absolute Gasteiger partial charge is 0.394 e. The first kappa shape index (κ1) is 9.43. The highest BCUT2D eigenvalue weighted by Gasteiger charge is 1.94. The quantitative estimate of drug-likeness (QED) is 0.455. The van der Waals surface area contributed by atoms with Crippen molar-refractivity contribution >= 4 is 6.21 Å². The van der Waals surface area contributed by atoms with Gasteiger partial charge < -0.3 is 5.11 Å². The highest BCUT2D eigenvalue weighted by atomic mass is 16.3.